The van der Waals surface area contributed by atoms with Crippen LogP contribution < -0.4 is 0 Å². The van der Waals surface area contributed by atoms with Gasteiger partial charge in [-0.05, 0) is 25.5 Å². The molecule has 0 saturated carbocycles. The van der Waals surface area contributed by atoms with Crippen molar-refractivity contribution in [2.24, 2.45) is 0 Å². The Kier molecular flexibility index (Phi) is 6.31. The summed E-state index contributed by atoms with van der Waals surface area (Å²) in [6, 6.07) is 7.74. The molecule has 96 valence electrons. The van der Waals surface area contributed by atoms with E-state index in [1.165, 1.54) is 0 Å². The highest BCUT2D eigenvalue weighted by Gasteiger charge is 2.20. The molecule has 1 rings (SSSR count). The fourth-order valence-electron chi connectivity index (χ4n) is 1.05. The molecule has 0 saturated heterocycles. The zero-order valence-electron chi connectivity index (χ0n) is 9.51. The Morgan fingerprint density at radius 2 is 1.71 bits per heavy atom. The van der Waals surface area contributed by atoms with Crippen molar-refractivity contribution < 1.29 is 22.0 Å². The van der Waals surface area contributed by atoms with Crippen LogP contribution in [0.25, 0.3) is 0 Å². The highest BCUT2D eigenvalue weighted by molar-refractivity contribution is 6.50. The Balaban J connectivity index is 0.000000437. The van der Waals surface area contributed by atoms with Gasteiger partial charge in [-0.15, -0.1) is 0 Å². The molecule has 2 nitrogen and oxygen atoms in total. The van der Waals surface area contributed by atoms with Crippen molar-refractivity contribution in [3.8, 4) is 0 Å². The van der Waals surface area contributed by atoms with Gasteiger partial charge in [0.2, 0.25) is 5.90 Å². The van der Waals surface area contributed by atoms with E-state index in [0.717, 1.165) is 11.1 Å². The molecule has 0 fully saturated rings. The number of aryl methyl sites for hydroxylation is 1. The molecule has 1 N–H and O–H groups in total. The number of ether oxygens (including phenoxy) is 1. The topological polar surface area (TPSA) is 33.1 Å². The molecule has 1 aromatic rings. The Labute approximate surface area is 97.2 Å². The van der Waals surface area contributed by atoms with Crippen molar-refractivity contribution in [1.82, 2.24) is 0 Å². The Morgan fingerprint density at radius 1 is 1.24 bits per heavy atom. The molecule has 0 heterocycles. The van der Waals surface area contributed by atoms with Crippen LogP contribution in [-0.4, -0.2) is 19.8 Å². The maximum atomic E-state index is 9.75. The van der Waals surface area contributed by atoms with E-state index in [1.54, 1.807) is 0 Å². The van der Waals surface area contributed by atoms with Gasteiger partial charge in [-0.25, -0.2) is 0 Å². The van der Waals surface area contributed by atoms with Crippen LogP contribution in [-0.2, 0) is 4.74 Å². The van der Waals surface area contributed by atoms with E-state index in [-0.39, 0.29) is 5.90 Å². The first-order chi connectivity index (χ1) is 7.75. The van der Waals surface area contributed by atoms with Crippen molar-refractivity contribution in [2.45, 2.75) is 13.8 Å². The average Bonchev–Trinajstić information content (AvgIpc) is 2.16. The van der Waals surface area contributed by atoms with E-state index in [2.05, 4.69) is 0 Å². The molecule has 0 aliphatic carbocycles. The zero-order valence-corrected chi connectivity index (χ0v) is 9.51. The number of hydrogen-bond donors (Lipinski definition) is 1. The van der Waals surface area contributed by atoms with Crippen molar-refractivity contribution >= 4 is 13.2 Å². The predicted octanol–water partition coefficient (Wildman–Crippen LogP) is 3.66. The van der Waals surface area contributed by atoms with Crippen LogP contribution in [0, 0.1) is 12.3 Å². The summed E-state index contributed by atoms with van der Waals surface area (Å²) in [5, 5.41) is 7.55. The van der Waals surface area contributed by atoms with Crippen LogP contribution in [0.15, 0.2) is 24.3 Å². The van der Waals surface area contributed by atoms with Crippen LogP contribution in [0.3, 0.4) is 0 Å². The number of halogens is 4. The lowest BCUT2D eigenvalue weighted by Gasteiger charge is -2.06. The normalized spacial score (nSPS) is 10.2. The Hall–Kier alpha value is -1.53. The first-order valence-electron chi connectivity index (χ1n) is 4.90. The predicted molar refractivity (Wildman–Crippen MR) is 59.8 cm³/mol. The fourth-order valence-corrected chi connectivity index (χ4v) is 1.05. The SMILES string of the molecule is CCOC(=N)c1ccccc1C.F[B-](F)(F)F. The molecule has 0 radical (unpaired) electrons. The lowest BCUT2D eigenvalue weighted by Crippen LogP contribution is -2.06. The number of hydrogen-bond acceptors (Lipinski definition) is 2. The molecular formula is C10H13BF4NO-. The summed E-state index contributed by atoms with van der Waals surface area (Å²) >= 11 is 0. The fraction of sp³-hybridized carbons (Fsp3) is 0.300. The van der Waals surface area contributed by atoms with E-state index < -0.39 is 7.25 Å². The minimum absolute atomic E-state index is 0.260. The molecular weight excluding hydrogens is 237 g/mol. The van der Waals surface area contributed by atoms with E-state index >= 15 is 0 Å². The van der Waals surface area contributed by atoms with Crippen molar-refractivity contribution in [3.05, 3.63) is 35.4 Å². The van der Waals surface area contributed by atoms with Crippen molar-refractivity contribution in [2.75, 3.05) is 6.61 Å². The molecule has 0 aliphatic heterocycles. The standard InChI is InChI=1S/C10H13NO.BF4/c1-3-12-10(11)9-7-5-4-6-8(9)2;2-1(3,4)5/h4-7,11H,3H2,1-2H3;/q;-1. The number of benzene rings is 1. The molecule has 0 bridgehead atoms. The lowest BCUT2D eigenvalue weighted by molar-refractivity contribution is 0.325. The first kappa shape index (κ1) is 15.5. The maximum absolute atomic E-state index is 9.75. The highest BCUT2D eigenvalue weighted by atomic mass is 19.5. The van der Waals surface area contributed by atoms with Crippen molar-refractivity contribution in [3.63, 3.8) is 0 Å². The Morgan fingerprint density at radius 3 is 2.12 bits per heavy atom. The van der Waals surface area contributed by atoms with Gasteiger partial charge in [0.05, 0.1) is 6.61 Å². The number of nitrogens with one attached hydrogen (secondary N) is 1. The first-order valence-corrected chi connectivity index (χ1v) is 4.90. The summed E-state index contributed by atoms with van der Waals surface area (Å²) in [6.07, 6.45) is 0. The Bertz CT molecular complexity index is 362. The van der Waals surface area contributed by atoms with Crippen LogP contribution in [0.1, 0.15) is 18.1 Å². The summed E-state index contributed by atoms with van der Waals surface area (Å²) in [4.78, 5) is 0. The molecule has 0 spiro atoms. The molecule has 1 aromatic carbocycles. The molecule has 0 amide bonds. The third-order valence-corrected chi connectivity index (χ3v) is 1.68. The van der Waals surface area contributed by atoms with Crippen LogP contribution in [0.5, 0.6) is 0 Å². The monoisotopic (exact) mass is 250 g/mol. The maximum Gasteiger partial charge on any atom is 0.673 e. The summed E-state index contributed by atoms with van der Waals surface area (Å²) in [5.74, 6) is 0.260. The van der Waals surface area contributed by atoms with E-state index in [1.807, 2.05) is 38.1 Å². The smallest absolute Gasteiger partial charge is 0.478 e. The van der Waals surface area contributed by atoms with Gasteiger partial charge in [0.1, 0.15) is 0 Å². The van der Waals surface area contributed by atoms with Gasteiger partial charge in [0.15, 0.2) is 0 Å². The molecule has 7 heteroatoms. The van der Waals surface area contributed by atoms with Crippen LogP contribution in [0.2, 0.25) is 0 Å². The summed E-state index contributed by atoms with van der Waals surface area (Å²) < 4.78 is 44.1. The van der Waals surface area contributed by atoms with Gasteiger partial charge in [-0.3, -0.25) is 5.41 Å². The van der Waals surface area contributed by atoms with Gasteiger partial charge < -0.3 is 22.0 Å². The third kappa shape index (κ3) is 8.30. The van der Waals surface area contributed by atoms with Gasteiger partial charge in [-0.1, -0.05) is 18.2 Å². The van der Waals surface area contributed by atoms with E-state index in [4.69, 9.17) is 10.1 Å². The number of rotatable bonds is 2. The van der Waals surface area contributed by atoms with Crippen LogP contribution >= 0.6 is 0 Å². The molecule has 0 aromatic heterocycles. The highest BCUT2D eigenvalue weighted by Crippen LogP contribution is 2.08. The summed E-state index contributed by atoms with van der Waals surface area (Å²) in [7, 11) is -6.00. The van der Waals surface area contributed by atoms with Gasteiger partial charge >= 0.3 is 7.25 Å². The largest absolute Gasteiger partial charge is 0.673 e. The van der Waals surface area contributed by atoms with Crippen molar-refractivity contribution in [1.29, 1.82) is 5.41 Å². The summed E-state index contributed by atoms with van der Waals surface area (Å²) in [6.45, 7) is 4.41. The minimum Gasteiger partial charge on any atom is -0.478 e. The van der Waals surface area contributed by atoms with Gasteiger partial charge in [0, 0.05) is 5.56 Å². The second-order valence-electron chi connectivity index (χ2n) is 3.07. The molecule has 0 unspecified atom stereocenters. The molecule has 17 heavy (non-hydrogen) atoms. The van der Waals surface area contributed by atoms with E-state index in [0.29, 0.717) is 6.61 Å². The average molecular weight is 250 g/mol. The van der Waals surface area contributed by atoms with Gasteiger partial charge in [-0.2, -0.15) is 0 Å². The lowest BCUT2D eigenvalue weighted by atomic mass is 10.1. The third-order valence-electron chi connectivity index (χ3n) is 1.68. The minimum atomic E-state index is -6.00. The summed E-state index contributed by atoms with van der Waals surface area (Å²) in [5.41, 5.74) is 1.95. The zero-order chi connectivity index (χ0) is 13.5. The second-order valence-corrected chi connectivity index (χ2v) is 3.07. The quantitative estimate of drug-likeness (QED) is 0.369. The van der Waals surface area contributed by atoms with Crippen LogP contribution in [0.4, 0.5) is 17.3 Å². The molecule has 0 atom stereocenters. The van der Waals surface area contributed by atoms with E-state index in [9.17, 15) is 17.3 Å². The second kappa shape index (κ2) is 6.93. The van der Waals surface area contributed by atoms with Gasteiger partial charge in [0.25, 0.3) is 0 Å². The molecule has 0 aliphatic rings.